The fourth-order valence-electron chi connectivity index (χ4n) is 1.44. The number of nitrogens with one attached hydrogen (secondary N) is 1. The molecule has 2 aromatic rings. The monoisotopic (exact) mass is 315 g/mol. The van der Waals surface area contributed by atoms with E-state index in [-0.39, 0.29) is 16.6 Å². The van der Waals surface area contributed by atoms with E-state index in [1.165, 1.54) is 0 Å². The molecule has 20 heavy (non-hydrogen) atoms. The molecular weight excluding hydrogens is 309 g/mol. The summed E-state index contributed by atoms with van der Waals surface area (Å²) >= 11 is 6.70. The van der Waals surface area contributed by atoms with E-state index in [9.17, 15) is 19.3 Å². The van der Waals surface area contributed by atoms with E-state index in [0.717, 1.165) is 29.5 Å². The molecule has 1 aromatic heterocycles. The second kappa shape index (κ2) is 5.93. The van der Waals surface area contributed by atoms with Crippen LogP contribution in [0.2, 0.25) is 0 Å². The number of anilines is 1. The lowest BCUT2D eigenvalue weighted by Crippen LogP contribution is -2.14. The molecule has 0 aliphatic heterocycles. The summed E-state index contributed by atoms with van der Waals surface area (Å²) in [4.78, 5) is 26.0. The van der Waals surface area contributed by atoms with Gasteiger partial charge in [-0.1, -0.05) is 0 Å². The van der Waals surface area contributed by atoms with Crippen molar-refractivity contribution < 1.29 is 14.1 Å². The highest BCUT2D eigenvalue weighted by Gasteiger charge is 2.21. The number of thiazole rings is 1. The summed E-state index contributed by atoms with van der Waals surface area (Å²) in [7, 11) is 0. The van der Waals surface area contributed by atoms with Gasteiger partial charge in [-0.15, -0.1) is 22.9 Å². The average Bonchev–Trinajstić information content (AvgIpc) is 2.85. The van der Waals surface area contributed by atoms with Crippen LogP contribution in [-0.2, 0) is 5.88 Å². The van der Waals surface area contributed by atoms with Crippen molar-refractivity contribution in [2.45, 2.75) is 5.88 Å². The van der Waals surface area contributed by atoms with Gasteiger partial charge in [-0.25, -0.2) is 9.37 Å². The van der Waals surface area contributed by atoms with E-state index < -0.39 is 22.3 Å². The highest BCUT2D eigenvalue weighted by atomic mass is 35.5. The lowest BCUT2D eigenvalue weighted by molar-refractivity contribution is -0.385. The Kier molecular flexibility index (Phi) is 4.26. The highest BCUT2D eigenvalue weighted by molar-refractivity contribution is 7.14. The third-order valence-corrected chi connectivity index (χ3v) is 3.39. The molecule has 0 bridgehead atoms. The van der Waals surface area contributed by atoms with Crippen LogP contribution in [0.3, 0.4) is 0 Å². The number of carbonyl (C=O) groups excluding carboxylic acids is 1. The van der Waals surface area contributed by atoms with Crippen molar-refractivity contribution in [3.05, 3.63) is 50.8 Å². The van der Waals surface area contributed by atoms with Crippen LogP contribution in [-0.4, -0.2) is 15.8 Å². The minimum Gasteiger partial charge on any atom is -0.298 e. The van der Waals surface area contributed by atoms with Crippen LogP contribution in [0.1, 0.15) is 16.1 Å². The Bertz CT molecular complexity index is 677. The first-order chi connectivity index (χ1) is 9.51. The number of carbonyl (C=O) groups is 1. The summed E-state index contributed by atoms with van der Waals surface area (Å²) in [6, 6.07) is 2.67. The summed E-state index contributed by atoms with van der Waals surface area (Å²) in [6.45, 7) is 0. The Morgan fingerprint density at radius 1 is 1.55 bits per heavy atom. The van der Waals surface area contributed by atoms with Crippen molar-refractivity contribution >= 4 is 39.7 Å². The Balaban J connectivity index is 2.28. The maximum Gasteiger partial charge on any atom is 0.282 e. The molecular formula is C11H7ClFN3O3S. The minimum atomic E-state index is -0.799. The molecule has 0 aliphatic carbocycles. The van der Waals surface area contributed by atoms with Gasteiger partial charge in [0, 0.05) is 11.4 Å². The summed E-state index contributed by atoms with van der Waals surface area (Å²) in [5.41, 5.74) is -0.267. The molecule has 1 aromatic carbocycles. The van der Waals surface area contributed by atoms with Crippen molar-refractivity contribution in [3.8, 4) is 0 Å². The van der Waals surface area contributed by atoms with Gasteiger partial charge in [0.15, 0.2) is 5.13 Å². The number of aromatic nitrogens is 1. The number of nitro benzene ring substituents is 1. The van der Waals surface area contributed by atoms with E-state index in [1.54, 1.807) is 5.38 Å². The highest BCUT2D eigenvalue weighted by Crippen LogP contribution is 2.22. The SMILES string of the molecule is O=C(Nc1nc(CCl)cs1)c1cc(F)ccc1[N+](=O)[O-]. The standard InChI is InChI=1S/C11H7ClFN3O3S/c12-4-7-5-20-11(14-7)15-10(17)8-3-6(13)1-2-9(8)16(18)19/h1-3,5H,4H2,(H,14,15,17). The van der Waals surface area contributed by atoms with Crippen LogP contribution in [0.5, 0.6) is 0 Å². The largest absolute Gasteiger partial charge is 0.298 e. The lowest BCUT2D eigenvalue weighted by atomic mass is 10.1. The van der Waals surface area contributed by atoms with Crippen molar-refractivity contribution in [1.29, 1.82) is 0 Å². The molecule has 0 radical (unpaired) electrons. The first kappa shape index (κ1) is 14.4. The van der Waals surface area contributed by atoms with Gasteiger partial charge in [0.2, 0.25) is 0 Å². The van der Waals surface area contributed by atoms with Gasteiger partial charge in [0.1, 0.15) is 11.4 Å². The van der Waals surface area contributed by atoms with Gasteiger partial charge in [-0.3, -0.25) is 20.2 Å². The molecule has 1 N–H and O–H groups in total. The Morgan fingerprint density at radius 3 is 2.90 bits per heavy atom. The van der Waals surface area contributed by atoms with Crippen LogP contribution >= 0.6 is 22.9 Å². The summed E-state index contributed by atoms with van der Waals surface area (Å²) < 4.78 is 13.1. The van der Waals surface area contributed by atoms with Gasteiger partial charge in [-0.05, 0) is 12.1 Å². The van der Waals surface area contributed by atoms with Gasteiger partial charge in [0.25, 0.3) is 11.6 Å². The van der Waals surface area contributed by atoms with E-state index in [2.05, 4.69) is 10.3 Å². The number of nitrogens with zero attached hydrogens (tertiary/aromatic N) is 2. The molecule has 104 valence electrons. The zero-order chi connectivity index (χ0) is 14.7. The van der Waals surface area contributed by atoms with E-state index in [0.29, 0.717) is 5.69 Å². The van der Waals surface area contributed by atoms with Gasteiger partial charge in [0.05, 0.1) is 16.5 Å². The topological polar surface area (TPSA) is 85.1 Å². The Hall–Kier alpha value is -2.06. The maximum atomic E-state index is 13.1. The molecule has 9 heteroatoms. The van der Waals surface area contributed by atoms with Crippen molar-refractivity contribution in [2.24, 2.45) is 0 Å². The van der Waals surface area contributed by atoms with Gasteiger partial charge >= 0.3 is 0 Å². The number of nitro groups is 1. The first-order valence-electron chi connectivity index (χ1n) is 5.27. The van der Waals surface area contributed by atoms with Crippen LogP contribution in [0.4, 0.5) is 15.2 Å². The van der Waals surface area contributed by atoms with E-state index in [1.807, 2.05) is 0 Å². The van der Waals surface area contributed by atoms with Gasteiger partial charge < -0.3 is 0 Å². The molecule has 0 fully saturated rings. The van der Waals surface area contributed by atoms with Crippen LogP contribution in [0.15, 0.2) is 23.6 Å². The number of rotatable bonds is 4. The molecule has 2 rings (SSSR count). The number of hydrogen-bond acceptors (Lipinski definition) is 5. The summed E-state index contributed by atoms with van der Waals surface area (Å²) in [6.07, 6.45) is 0. The molecule has 0 unspecified atom stereocenters. The molecule has 0 saturated carbocycles. The Labute approximate surface area is 121 Å². The van der Waals surface area contributed by atoms with E-state index in [4.69, 9.17) is 11.6 Å². The van der Waals surface area contributed by atoms with Crippen molar-refractivity contribution in [2.75, 3.05) is 5.32 Å². The van der Waals surface area contributed by atoms with Crippen molar-refractivity contribution in [3.63, 3.8) is 0 Å². The molecule has 1 heterocycles. The van der Waals surface area contributed by atoms with Gasteiger partial charge in [-0.2, -0.15) is 0 Å². The molecule has 0 spiro atoms. The number of benzene rings is 1. The summed E-state index contributed by atoms with van der Waals surface area (Å²) in [5.74, 6) is -1.35. The van der Waals surface area contributed by atoms with Crippen LogP contribution in [0.25, 0.3) is 0 Å². The quantitative estimate of drug-likeness (QED) is 0.533. The first-order valence-corrected chi connectivity index (χ1v) is 6.68. The predicted octanol–water partition coefficient (Wildman–Crippen LogP) is 3.18. The fourth-order valence-corrected chi connectivity index (χ4v) is 2.37. The zero-order valence-corrected chi connectivity index (χ0v) is 11.4. The zero-order valence-electron chi connectivity index (χ0n) is 9.80. The Morgan fingerprint density at radius 2 is 2.30 bits per heavy atom. The minimum absolute atomic E-state index is 0.187. The fraction of sp³-hybridized carbons (Fsp3) is 0.0909. The number of halogens is 2. The van der Waals surface area contributed by atoms with Crippen LogP contribution in [0, 0.1) is 15.9 Å². The smallest absolute Gasteiger partial charge is 0.282 e. The molecule has 0 saturated heterocycles. The average molecular weight is 316 g/mol. The normalized spacial score (nSPS) is 10.3. The predicted molar refractivity (Wildman–Crippen MR) is 72.7 cm³/mol. The molecule has 1 amide bonds. The number of amides is 1. The third kappa shape index (κ3) is 3.09. The number of alkyl halides is 1. The lowest BCUT2D eigenvalue weighted by Gasteiger charge is -2.03. The van der Waals surface area contributed by atoms with Crippen molar-refractivity contribution in [1.82, 2.24) is 4.98 Å². The second-order valence-corrected chi connectivity index (χ2v) is 4.78. The second-order valence-electron chi connectivity index (χ2n) is 3.65. The van der Waals surface area contributed by atoms with E-state index >= 15 is 0 Å². The maximum absolute atomic E-state index is 13.1. The third-order valence-electron chi connectivity index (χ3n) is 2.31. The molecule has 0 atom stereocenters. The summed E-state index contributed by atoms with van der Waals surface area (Å²) in [5, 5.41) is 15.1. The molecule has 6 nitrogen and oxygen atoms in total. The number of hydrogen-bond donors (Lipinski definition) is 1. The van der Waals surface area contributed by atoms with Crippen LogP contribution < -0.4 is 5.32 Å². The molecule has 0 aliphatic rings.